The van der Waals surface area contributed by atoms with E-state index in [4.69, 9.17) is 14.6 Å². The Morgan fingerprint density at radius 2 is 1.96 bits per heavy atom. The molecule has 0 aromatic heterocycles. The third-order valence-corrected chi connectivity index (χ3v) is 2.89. The van der Waals surface area contributed by atoms with Crippen LogP contribution < -0.4 is 5.32 Å². The average molecular weight is 326 g/mol. The fourth-order valence-electron chi connectivity index (χ4n) is 1.73. The van der Waals surface area contributed by atoms with Crippen molar-refractivity contribution in [3.05, 3.63) is 39.9 Å². The zero-order valence-corrected chi connectivity index (χ0v) is 12.6. The van der Waals surface area contributed by atoms with Gasteiger partial charge in [-0.15, -0.1) is 0 Å². The molecule has 9 nitrogen and oxygen atoms in total. The lowest BCUT2D eigenvalue weighted by molar-refractivity contribution is -0.384. The highest BCUT2D eigenvalue weighted by molar-refractivity contribution is 5.84. The van der Waals surface area contributed by atoms with Crippen molar-refractivity contribution >= 4 is 17.6 Å². The molecule has 0 saturated carbocycles. The Balaban J connectivity index is 2.56. The van der Waals surface area contributed by atoms with Gasteiger partial charge in [-0.1, -0.05) is 12.1 Å². The Bertz CT molecular complexity index is 545. The van der Waals surface area contributed by atoms with Crippen LogP contribution in [0, 0.1) is 10.1 Å². The largest absolute Gasteiger partial charge is 0.480 e. The van der Waals surface area contributed by atoms with Crippen LogP contribution in [0.2, 0.25) is 0 Å². The monoisotopic (exact) mass is 326 g/mol. The highest BCUT2D eigenvalue weighted by atomic mass is 16.6. The SMILES string of the molecule is COCCOCC(=O)N[C@@H](Cc1ccc([N+](=O)[O-])cc1)C(=O)O. The van der Waals surface area contributed by atoms with E-state index >= 15 is 0 Å². The van der Waals surface area contributed by atoms with Gasteiger partial charge in [0.15, 0.2) is 0 Å². The number of nitro benzene ring substituents is 1. The van der Waals surface area contributed by atoms with Crippen molar-refractivity contribution < 1.29 is 29.1 Å². The number of methoxy groups -OCH3 is 1. The fraction of sp³-hybridized carbons (Fsp3) is 0.429. The number of nitrogens with one attached hydrogen (secondary N) is 1. The van der Waals surface area contributed by atoms with Gasteiger partial charge in [0.05, 0.1) is 18.1 Å². The molecule has 2 N–H and O–H groups in total. The molecule has 0 heterocycles. The molecule has 1 atom stereocenters. The maximum Gasteiger partial charge on any atom is 0.326 e. The molecule has 126 valence electrons. The topological polar surface area (TPSA) is 128 Å². The number of hydrogen-bond acceptors (Lipinski definition) is 6. The maximum atomic E-state index is 11.6. The lowest BCUT2D eigenvalue weighted by Crippen LogP contribution is -2.44. The molecule has 1 rings (SSSR count). The van der Waals surface area contributed by atoms with Gasteiger partial charge in [-0.2, -0.15) is 0 Å². The summed E-state index contributed by atoms with van der Waals surface area (Å²) in [6.45, 7) is 0.288. The van der Waals surface area contributed by atoms with Crippen molar-refractivity contribution in [3.8, 4) is 0 Å². The van der Waals surface area contributed by atoms with E-state index in [2.05, 4.69) is 5.32 Å². The summed E-state index contributed by atoms with van der Waals surface area (Å²) in [5, 5.41) is 22.1. The van der Waals surface area contributed by atoms with Gasteiger partial charge in [0, 0.05) is 25.7 Å². The molecule has 0 bridgehead atoms. The Labute approximate surface area is 132 Å². The Kier molecular flexibility index (Phi) is 7.64. The first-order valence-corrected chi connectivity index (χ1v) is 6.76. The predicted molar refractivity (Wildman–Crippen MR) is 79.1 cm³/mol. The first-order chi connectivity index (χ1) is 10.9. The van der Waals surface area contributed by atoms with Gasteiger partial charge in [0.25, 0.3) is 5.69 Å². The van der Waals surface area contributed by atoms with Gasteiger partial charge in [0.2, 0.25) is 5.91 Å². The summed E-state index contributed by atoms with van der Waals surface area (Å²) in [7, 11) is 1.49. The lowest BCUT2D eigenvalue weighted by atomic mass is 10.1. The molecule has 1 aromatic rings. The molecule has 1 amide bonds. The molecule has 0 aliphatic heterocycles. The minimum absolute atomic E-state index is 0.0111. The average Bonchev–Trinajstić information content (AvgIpc) is 2.51. The molecule has 0 unspecified atom stereocenters. The molecule has 0 radical (unpaired) electrons. The number of rotatable bonds is 10. The molecule has 0 fully saturated rings. The van der Waals surface area contributed by atoms with Crippen LogP contribution in [-0.2, 0) is 25.5 Å². The summed E-state index contributed by atoms with van der Waals surface area (Å²) in [5.74, 6) is -1.76. The number of carboxylic acid groups (broad SMARTS) is 1. The van der Waals surface area contributed by atoms with E-state index in [9.17, 15) is 19.7 Å². The summed E-state index contributed by atoms with van der Waals surface area (Å²) in [5.41, 5.74) is 0.472. The summed E-state index contributed by atoms with van der Waals surface area (Å²) in [6.07, 6.45) is 0.0111. The Morgan fingerprint density at radius 3 is 2.48 bits per heavy atom. The molecule has 0 saturated heterocycles. The second-order valence-electron chi connectivity index (χ2n) is 4.63. The number of carboxylic acids is 1. The van der Waals surface area contributed by atoms with E-state index in [1.165, 1.54) is 31.4 Å². The highest BCUT2D eigenvalue weighted by Gasteiger charge is 2.20. The number of hydrogen-bond donors (Lipinski definition) is 2. The third kappa shape index (κ3) is 6.85. The standard InChI is InChI=1S/C14H18N2O7/c1-22-6-7-23-9-13(17)15-12(14(18)19)8-10-2-4-11(5-3-10)16(20)21/h2-5,12H,6-9H2,1H3,(H,15,17)(H,18,19)/t12-/m0/s1. The Morgan fingerprint density at radius 1 is 1.30 bits per heavy atom. The zero-order chi connectivity index (χ0) is 17.2. The molecular formula is C14H18N2O7. The smallest absolute Gasteiger partial charge is 0.326 e. The van der Waals surface area contributed by atoms with E-state index in [1.54, 1.807) is 0 Å². The summed E-state index contributed by atoms with van der Waals surface area (Å²) in [6, 6.07) is 4.33. The van der Waals surface area contributed by atoms with Crippen molar-refractivity contribution in [1.82, 2.24) is 5.32 Å². The molecule has 0 aliphatic carbocycles. The van der Waals surface area contributed by atoms with Crippen molar-refractivity contribution in [2.45, 2.75) is 12.5 Å². The number of amides is 1. The third-order valence-electron chi connectivity index (χ3n) is 2.89. The summed E-state index contributed by atoms with van der Waals surface area (Å²) < 4.78 is 9.75. The van der Waals surface area contributed by atoms with Gasteiger partial charge in [-0.25, -0.2) is 4.79 Å². The first kappa shape index (κ1) is 18.5. The van der Waals surface area contributed by atoms with Crippen molar-refractivity contribution in [3.63, 3.8) is 0 Å². The quantitative estimate of drug-likeness (QED) is 0.361. The molecule has 23 heavy (non-hydrogen) atoms. The molecular weight excluding hydrogens is 308 g/mol. The van der Waals surface area contributed by atoms with Crippen LogP contribution in [0.25, 0.3) is 0 Å². The zero-order valence-electron chi connectivity index (χ0n) is 12.6. The number of nitro groups is 1. The second-order valence-corrected chi connectivity index (χ2v) is 4.63. The summed E-state index contributed by atoms with van der Waals surface area (Å²) >= 11 is 0. The fourth-order valence-corrected chi connectivity index (χ4v) is 1.73. The van der Waals surface area contributed by atoms with Crippen LogP contribution >= 0.6 is 0 Å². The number of aliphatic carboxylic acids is 1. The Hall–Kier alpha value is -2.52. The number of carbonyl (C=O) groups excluding carboxylic acids is 1. The number of carbonyl (C=O) groups is 2. The van der Waals surface area contributed by atoms with Crippen LogP contribution in [0.5, 0.6) is 0 Å². The first-order valence-electron chi connectivity index (χ1n) is 6.76. The normalized spacial score (nSPS) is 11.7. The minimum atomic E-state index is -1.20. The number of nitrogens with zero attached hydrogens (tertiary/aromatic N) is 1. The number of benzene rings is 1. The van der Waals surface area contributed by atoms with E-state index in [0.717, 1.165) is 0 Å². The number of non-ortho nitro benzene ring substituents is 1. The van der Waals surface area contributed by atoms with Crippen LogP contribution in [0.15, 0.2) is 24.3 Å². The summed E-state index contributed by atoms with van der Waals surface area (Å²) in [4.78, 5) is 32.9. The van der Waals surface area contributed by atoms with Gasteiger partial charge >= 0.3 is 5.97 Å². The van der Waals surface area contributed by atoms with Crippen molar-refractivity contribution in [2.75, 3.05) is 26.9 Å². The lowest BCUT2D eigenvalue weighted by Gasteiger charge is -2.14. The minimum Gasteiger partial charge on any atom is -0.480 e. The molecule has 0 aliphatic rings. The van der Waals surface area contributed by atoms with E-state index < -0.39 is 22.8 Å². The van der Waals surface area contributed by atoms with Gasteiger partial charge in [-0.05, 0) is 5.56 Å². The molecule has 0 spiro atoms. The number of ether oxygens (including phenoxy) is 2. The van der Waals surface area contributed by atoms with Gasteiger partial charge in [0.1, 0.15) is 12.6 Å². The van der Waals surface area contributed by atoms with Crippen LogP contribution in [0.3, 0.4) is 0 Å². The van der Waals surface area contributed by atoms with Crippen LogP contribution in [0.4, 0.5) is 5.69 Å². The van der Waals surface area contributed by atoms with E-state index in [0.29, 0.717) is 12.2 Å². The van der Waals surface area contributed by atoms with Gasteiger partial charge in [-0.3, -0.25) is 14.9 Å². The maximum absolute atomic E-state index is 11.6. The molecule has 9 heteroatoms. The van der Waals surface area contributed by atoms with Crippen molar-refractivity contribution in [2.24, 2.45) is 0 Å². The van der Waals surface area contributed by atoms with E-state index in [1.807, 2.05) is 0 Å². The second kappa shape index (κ2) is 9.49. The van der Waals surface area contributed by atoms with Crippen molar-refractivity contribution in [1.29, 1.82) is 0 Å². The van der Waals surface area contributed by atoms with Crippen LogP contribution in [-0.4, -0.2) is 54.9 Å². The van der Waals surface area contributed by atoms with E-state index in [-0.39, 0.29) is 25.3 Å². The van der Waals surface area contributed by atoms with Gasteiger partial charge < -0.3 is 19.9 Å². The van der Waals surface area contributed by atoms with Crippen LogP contribution in [0.1, 0.15) is 5.56 Å². The predicted octanol–water partition coefficient (Wildman–Crippen LogP) is 0.370. The molecule has 1 aromatic carbocycles. The highest BCUT2D eigenvalue weighted by Crippen LogP contribution is 2.13.